The minimum Gasteiger partial charge on any atom is -0.302 e. The van der Waals surface area contributed by atoms with Gasteiger partial charge in [-0.1, -0.05) is 23.4 Å². The first-order valence-electron chi connectivity index (χ1n) is 4.03. The average molecular weight is 211 g/mol. The normalized spacial score (nSPS) is 9.07. The molecule has 0 heterocycles. The zero-order valence-electron chi connectivity index (χ0n) is 7.60. The summed E-state index contributed by atoms with van der Waals surface area (Å²) < 4.78 is 13.2. The van der Waals surface area contributed by atoms with Crippen molar-refractivity contribution in [1.29, 1.82) is 0 Å². The molecule has 0 aliphatic rings. The fourth-order valence-corrected chi connectivity index (χ4v) is 1.09. The first-order chi connectivity index (χ1) is 6.65. The van der Waals surface area contributed by atoms with E-state index in [1.807, 2.05) is 0 Å². The molecular formula is C11H8ClFO. The van der Waals surface area contributed by atoms with Gasteiger partial charge in [-0.25, -0.2) is 4.39 Å². The third-order valence-electron chi connectivity index (χ3n) is 1.66. The Morgan fingerprint density at radius 3 is 2.93 bits per heavy atom. The van der Waals surface area contributed by atoms with Crippen LogP contribution in [0, 0.1) is 24.6 Å². The number of hydrogen-bond donors (Lipinski definition) is 0. The summed E-state index contributed by atoms with van der Waals surface area (Å²) in [5.41, 5.74) is 1.04. The van der Waals surface area contributed by atoms with Crippen molar-refractivity contribution in [2.24, 2.45) is 0 Å². The van der Waals surface area contributed by atoms with Crippen molar-refractivity contribution in [3.63, 3.8) is 0 Å². The average Bonchev–Trinajstić information content (AvgIpc) is 2.14. The fourth-order valence-electron chi connectivity index (χ4n) is 0.941. The molecule has 1 nitrogen and oxygen atoms in total. The third kappa shape index (κ3) is 2.58. The molecule has 14 heavy (non-hydrogen) atoms. The van der Waals surface area contributed by atoms with E-state index in [9.17, 15) is 9.18 Å². The smallest absolute Gasteiger partial charge is 0.140 e. The lowest BCUT2D eigenvalue weighted by molar-refractivity contribution is -0.107. The summed E-state index contributed by atoms with van der Waals surface area (Å²) in [5.74, 6) is 4.65. The lowest BCUT2D eigenvalue weighted by atomic mass is 10.1. The quantitative estimate of drug-likeness (QED) is 0.515. The summed E-state index contributed by atoms with van der Waals surface area (Å²) >= 11 is 5.70. The second kappa shape index (κ2) is 4.78. The maximum Gasteiger partial charge on any atom is 0.140 e. The van der Waals surface area contributed by atoms with Gasteiger partial charge in [-0.05, 0) is 24.6 Å². The molecule has 0 saturated heterocycles. The summed E-state index contributed by atoms with van der Waals surface area (Å²) in [4.78, 5) is 9.98. The van der Waals surface area contributed by atoms with Crippen molar-refractivity contribution >= 4 is 17.9 Å². The first kappa shape index (κ1) is 10.7. The highest BCUT2D eigenvalue weighted by Crippen LogP contribution is 2.19. The molecule has 0 aliphatic carbocycles. The Balaban J connectivity index is 3.05. The SMILES string of the molecule is Cc1cc(C#CCC=O)c(F)cc1Cl. The largest absolute Gasteiger partial charge is 0.302 e. The molecule has 3 heteroatoms. The molecule has 0 atom stereocenters. The zero-order valence-corrected chi connectivity index (χ0v) is 8.36. The number of aldehydes is 1. The molecule has 1 aromatic carbocycles. The Morgan fingerprint density at radius 1 is 1.57 bits per heavy atom. The maximum atomic E-state index is 13.2. The summed E-state index contributed by atoms with van der Waals surface area (Å²) in [7, 11) is 0. The van der Waals surface area contributed by atoms with E-state index in [-0.39, 0.29) is 12.0 Å². The van der Waals surface area contributed by atoms with Gasteiger partial charge in [0.2, 0.25) is 0 Å². The lowest BCUT2D eigenvalue weighted by Crippen LogP contribution is -1.86. The topological polar surface area (TPSA) is 17.1 Å². The van der Waals surface area contributed by atoms with Crippen molar-refractivity contribution in [2.75, 3.05) is 0 Å². The van der Waals surface area contributed by atoms with E-state index in [0.29, 0.717) is 11.3 Å². The molecule has 0 saturated carbocycles. The third-order valence-corrected chi connectivity index (χ3v) is 2.06. The Bertz CT molecular complexity index is 415. The molecule has 0 aliphatic heterocycles. The van der Waals surface area contributed by atoms with Crippen LogP contribution in [0.15, 0.2) is 12.1 Å². The van der Waals surface area contributed by atoms with E-state index in [4.69, 9.17) is 11.6 Å². The highest BCUT2D eigenvalue weighted by molar-refractivity contribution is 6.31. The van der Waals surface area contributed by atoms with Crippen LogP contribution in [-0.2, 0) is 4.79 Å². The van der Waals surface area contributed by atoms with E-state index in [1.165, 1.54) is 6.07 Å². The second-order valence-corrected chi connectivity index (χ2v) is 3.16. The minimum absolute atomic E-state index is 0.112. The number of aryl methyl sites for hydroxylation is 1. The summed E-state index contributed by atoms with van der Waals surface area (Å²) in [5, 5.41) is 0.378. The number of carbonyl (C=O) groups excluding carboxylic acids is 1. The van der Waals surface area contributed by atoms with Crippen LogP contribution in [0.5, 0.6) is 0 Å². The van der Waals surface area contributed by atoms with Crippen molar-refractivity contribution in [2.45, 2.75) is 13.3 Å². The standard InChI is InChI=1S/C11H8ClFO/c1-8-6-9(4-2-3-5-14)11(13)7-10(8)12/h5-7H,3H2,1H3. The van der Waals surface area contributed by atoms with Crippen LogP contribution in [0.25, 0.3) is 0 Å². The minimum atomic E-state index is -0.459. The van der Waals surface area contributed by atoms with Crippen LogP contribution >= 0.6 is 11.6 Å². The molecule has 0 radical (unpaired) electrons. The highest BCUT2D eigenvalue weighted by atomic mass is 35.5. The molecule has 0 N–H and O–H groups in total. The molecular weight excluding hydrogens is 203 g/mol. The number of rotatable bonds is 1. The van der Waals surface area contributed by atoms with Gasteiger partial charge < -0.3 is 4.79 Å². The molecule has 0 spiro atoms. The van der Waals surface area contributed by atoms with Crippen LogP contribution in [0.2, 0.25) is 5.02 Å². The predicted octanol–water partition coefficient (Wildman–Crippen LogP) is 2.73. The number of hydrogen-bond acceptors (Lipinski definition) is 1. The van der Waals surface area contributed by atoms with Crippen LogP contribution in [-0.4, -0.2) is 6.29 Å². The summed E-state index contributed by atoms with van der Waals surface area (Å²) in [6.45, 7) is 1.77. The van der Waals surface area contributed by atoms with Gasteiger partial charge >= 0.3 is 0 Å². The lowest BCUT2D eigenvalue weighted by Gasteiger charge is -1.99. The van der Waals surface area contributed by atoms with E-state index >= 15 is 0 Å². The summed E-state index contributed by atoms with van der Waals surface area (Å²) in [6, 6.07) is 2.79. The van der Waals surface area contributed by atoms with Crippen molar-refractivity contribution < 1.29 is 9.18 Å². The Morgan fingerprint density at radius 2 is 2.29 bits per heavy atom. The second-order valence-electron chi connectivity index (χ2n) is 2.75. The van der Waals surface area contributed by atoms with E-state index in [0.717, 1.165) is 5.56 Å². The Hall–Kier alpha value is -1.33. The molecule has 72 valence electrons. The maximum absolute atomic E-state index is 13.2. The molecule has 1 rings (SSSR count). The number of carbonyl (C=O) groups is 1. The molecule has 0 unspecified atom stereocenters. The monoisotopic (exact) mass is 210 g/mol. The number of halogens is 2. The van der Waals surface area contributed by atoms with E-state index < -0.39 is 5.82 Å². The van der Waals surface area contributed by atoms with Gasteiger partial charge in [-0.3, -0.25) is 0 Å². The van der Waals surface area contributed by atoms with Gasteiger partial charge in [0, 0.05) is 5.02 Å². The molecule has 0 aromatic heterocycles. The van der Waals surface area contributed by atoms with Gasteiger partial charge in [0.05, 0.1) is 12.0 Å². The van der Waals surface area contributed by atoms with Crippen LogP contribution in [0.1, 0.15) is 17.5 Å². The molecule has 0 amide bonds. The fraction of sp³-hybridized carbons (Fsp3) is 0.182. The van der Waals surface area contributed by atoms with E-state index in [2.05, 4.69) is 11.8 Å². The van der Waals surface area contributed by atoms with E-state index in [1.54, 1.807) is 13.0 Å². The van der Waals surface area contributed by atoms with Gasteiger partial charge in [0.15, 0.2) is 0 Å². The van der Waals surface area contributed by atoms with Crippen LogP contribution < -0.4 is 0 Å². The van der Waals surface area contributed by atoms with Crippen molar-refractivity contribution in [3.05, 3.63) is 34.1 Å². The van der Waals surface area contributed by atoms with Gasteiger partial charge in [0.1, 0.15) is 12.1 Å². The summed E-state index contributed by atoms with van der Waals surface area (Å²) in [6.07, 6.45) is 0.787. The molecule has 0 bridgehead atoms. The first-order valence-corrected chi connectivity index (χ1v) is 4.41. The Kier molecular flexibility index (Phi) is 3.67. The molecule has 1 aromatic rings. The van der Waals surface area contributed by atoms with Gasteiger partial charge in [-0.2, -0.15) is 0 Å². The van der Waals surface area contributed by atoms with Gasteiger partial charge in [-0.15, -0.1) is 0 Å². The van der Waals surface area contributed by atoms with Crippen molar-refractivity contribution in [1.82, 2.24) is 0 Å². The van der Waals surface area contributed by atoms with Crippen molar-refractivity contribution in [3.8, 4) is 11.8 Å². The Labute approximate surface area is 86.9 Å². The van der Waals surface area contributed by atoms with Crippen LogP contribution in [0.3, 0.4) is 0 Å². The van der Waals surface area contributed by atoms with Crippen LogP contribution in [0.4, 0.5) is 4.39 Å². The zero-order chi connectivity index (χ0) is 10.6. The predicted molar refractivity (Wildman–Crippen MR) is 53.7 cm³/mol. The molecule has 0 fully saturated rings. The van der Waals surface area contributed by atoms with Gasteiger partial charge in [0.25, 0.3) is 0 Å². The number of benzene rings is 1. The highest BCUT2D eigenvalue weighted by Gasteiger charge is 2.02.